The number of thiophene rings is 3. The first-order valence-electron chi connectivity index (χ1n) is 12.9. The zero-order valence-corrected chi connectivity index (χ0v) is 23.5. The van der Waals surface area contributed by atoms with E-state index in [1.165, 1.54) is 62.6 Å². The van der Waals surface area contributed by atoms with Crippen LogP contribution in [0.3, 0.4) is 0 Å². The second kappa shape index (κ2) is 10.6. The van der Waals surface area contributed by atoms with Crippen molar-refractivity contribution in [2.45, 2.75) is 0 Å². The van der Waals surface area contributed by atoms with Crippen molar-refractivity contribution in [2.75, 3.05) is 0 Å². The Kier molecular flexibility index (Phi) is 6.55. The van der Waals surface area contributed by atoms with Gasteiger partial charge in [0.25, 0.3) is 0 Å². The van der Waals surface area contributed by atoms with Crippen LogP contribution in [0.4, 0.5) is 0 Å². The van der Waals surface area contributed by atoms with Crippen LogP contribution in [0.2, 0.25) is 0 Å². The fraction of sp³-hybridized carbons (Fsp3) is 0. The highest BCUT2D eigenvalue weighted by atomic mass is 32.1. The zero-order valence-electron chi connectivity index (χ0n) is 21.1. The van der Waals surface area contributed by atoms with Crippen molar-refractivity contribution in [3.8, 4) is 62.6 Å². The first-order valence-corrected chi connectivity index (χ1v) is 15.4. The highest BCUT2D eigenvalue weighted by Gasteiger charge is 2.12. The molecule has 0 aliphatic rings. The number of rotatable bonds is 6. The molecule has 0 saturated heterocycles. The van der Waals surface area contributed by atoms with Gasteiger partial charge in [-0.05, 0) is 69.8 Å². The predicted molar refractivity (Wildman–Crippen MR) is 173 cm³/mol. The van der Waals surface area contributed by atoms with Crippen molar-refractivity contribution < 1.29 is 0 Å². The van der Waals surface area contributed by atoms with Gasteiger partial charge < -0.3 is 0 Å². The van der Waals surface area contributed by atoms with Crippen LogP contribution in [0, 0.1) is 0 Å². The van der Waals surface area contributed by atoms with E-state index in [4.69, 9.17) is 0 Å². The summed E-state index contributed by atoms with van der Waals surface area (Å²) in [6, 6.07) is 52.5. The van der Waals surface area contributed by atoms with Gasteiger partial charge in [0.1, 0.15) is 0 Å². The Morgan fingerprint density at radius 1 is 0.205 bits per heavy atom. The summed E-state index contributed by atoms with van der Waals surface area (Å²) in [4.78, 5) is 7.89. The molecule has 3 aromatic heterocycles. The summed E-state index contributed by atoms with van der Waals surface area (Å²) in [6.45, 7) is 0. The van der Waals surface area contributed by atoms with Gasteiger partial charge >= 0.3 is 0 Å². The van der Waals surface area contributed by atoms with Crippen LogP contribution in [0.5, 0.6) is 0 Å². The lowest BCUT2D eigenvalue weighted by molar-refractivity contribution is 1.62. The molecule has 39 heavy (non-hydrogen) atoms. The van der Waals surface area contributed by atoms with Crippen molar-refractivity contribution in [1.82, 2.24) is 0 Å². The summed E-state index contributed by atoms with van der Waals surface area (Å²) in [5.41, 5.74) is 7.54. The van der Waals surface area contributed by atoms with Crippen molar-refractivity contribution in [2.24, 2.45) is 0 Å². The van der Waals surface area contributed by atoms with Crippen LogP contribution < -0.4 is 0 Å². The van der Waals surface area contributed by atoms with Crippen LogP contribution in [0.15, 0.2) is 146 Å². The third-order valence-electron chi connectivity index (χ3n) is 6.86. The van der Waals surface area contributed by atoms with Gasteiger partial charge in [-0.2, -0.15) is 0 Å². The van der Waals surface area contributed by atoms with E-state index >= 15 is 0 Å². The maximum atomic E-state index is 2.27. The normalized spacial score (nSPS) is 11.1. The highest BCUT2D eigenvalue weighted by molar-refractivity contribution is 7.27. The lowest BCUT2D eigenvalue weighted by Gasteiger charge is -2.03. The molecule has 0 bridgehead atoms. The Hall–Kier alpha value is -4.02. The van der Waals surface area contributed by atoms with Crippen LogP contribution in [-0.4, -0.2) is 0 Å². The number of hydrogen-bond acceptors (Lipinski definition) is 3. The van der Waals surface area contributed by atoms with Crippen LogP contribution in [0.1, 0.15) is 0 Å². The van der Waals surface area contributed by atoms with Gasteiger partial charge in [-0.25, -0.2) is 0 Å². The van der Waals surface area contributed by atoms with E-state index < -0.39 is 0 Å². The SMILES string of the molecule is c1ccc(-c2ccc(-c3ccc(-c4ccc(-c5ccc(-c6ccc(-c7ccccc7)cc6)s5)s4)s3)cc2)cc1. The summed E-state index contributed by atoms with van der Waals surface area (Å²) in [6.07, 6.45) is 0. The molecule has 0 amide bonds. The minimum absolute atomic E-state index is 1.25. The van der Waals surface area contributed by atoms with E-state index in [2.05, 4.69) is 146 Å². The largest absolute Gasteiger partial charge is 0.134 e. The van der Waals surface area contributed by atoms with Gasteiger partial charge in [0, 0.05) is 29.3 Å². The van der Waals surface area contributed by atoms with Crippen molar-refractivity contribution in [3.05, 3.63) is 146 Å². The highest BCUT2D eigenvalue weighted by Crippen LogP contribution is 2.43. The van der Waals surface area contributed by atoms with Crippen molar-refractivity contribution in [3.63, 3.8) is 0 Å². The summed E-state index contributed by atoms with van der Waals surface area (Å²) >= 11 is 5.61. The van der Waals surface area contributed by atoms with Gasteiger partial charge in [0.15, 0.2) is 0 Å². The Labute approximate surface area is 241 Å². The molecular formula is C36H24S3. The van der Waals surface area contributed by atoms with E-state index in [0.717, 1.165) is 0 Å². The van der Waals surface area contributed by atoms with E-state index in [9.17, 15) is 0 Å². The number of hydrogen-bond donors (Lipinski definition) is 0. The Morgan fingerprint density at radius 3 is 0.821 bits per heavy atom. The zero-order chi connectivity index (χ0) is 26.0. The molecule has 0 fully saturated rings. The minimum atomic E-state index is 1.25. The van der Waals surface area contributed by atoms with E-state index in [-0.39, 0.29) is 0 Å². The van der Waals surface area contributed by atoms with Crippen molar-refractivity contribution in [1.29, 1.82) is 0 Å². The molecule has 0 nitrogen and oxygen atoms in total. The molecule has 7 aromatic rings. The van der Waals surface area contributed by atoms with E-state index in [0.29, 0.717) is 0 Å². The lowest BCUT2D eigenvalue weighted by Crippen LogP contribution is -1.77. The second-order valence-electron chi connectivity index (χ2n) is 9.38. The summed E-state index contributed by atoms with van der Waals surface area (Å²) in [5.74, 6) is 0. The second-order valence-corrected chi connectivity index (χ2v) is 12.6. The molecule has 0 aliphatic carbocycles. The summed E-state index contributed by atoms with van der Waals surface area (Å²) in [7, 11) is 0. The fourth-order valence-electron chi connectivity index (χ4n) is 4.77. The van der Waals surface area contributed by atoms with Gasteiger partial charge in [-0.3, -0.25) is 0 Å². The standard InChI is InChI=1S/C36H24S3/c1-3-7-25(8-4-1)27-11-15-29(16-12-27)31-19-21-33(37-31)35-23-24-36(39-35)34-22-20-32(38-34)30-17-13-28(14-18-30)26-9-5-2-6-10-26/h1-24H. The first kappa shape index (κ1) is 24.1. The monoisotopic (exact) mass is 552 g/mol. The molecular weight excluding hydrogens is 529 g/mol. The molecule has 0 spiro atoms. The van der Waals surface area contributed by atoms with Crippen LogP contribution >= 0.6 is 34.0 Å². The molecule has 7 rings (SSSR count). The first-order chi connectivity index (χ1) is 19.3. The molecule has 0 atom stereocenters. The minimum Gasteiger partial charge on any atom is -0.134 e. The Balaban J connectivity index is 1.08. The van der Waals surface area contributed by atoms with Gasteiger partial charge in [-0.15, -0.1) is 34.0 Å². The Morgan fingerprint density at radius 2 is 0.462 bits per heavy atom. The maximum Gasteiger partial charge on any atom is 0.0449 e. The molecule has 3 heterocycles. The van der Waals surface area contributed by atoms with E-state index in [1.54, 1.807) is 0 Å². The molecule has 0 unspecified atom stereocenters. The molecule has 186 valence electrons. The predicted octanol–water partition coefficient (Wildman–Crippen LogP) is 11.9. The van der Waals surface area contributed by atoms with E-state index in [1.807, 2.05) is 34.0 Å². The topological polar surface area (TPSA) is 0 Å². The summed E-state index contributed by atoms with van der Waals surface area (Å²) < 4.78 is 0. The average Bonchev–Trinajstić information content (AvgIpc) is 3.79. The summed E-state index contributed by atoms with van der Waals surface area (Å²) in [5, 5.41) is 0. The molecule has 0 N–H and O–H groups in total. The molecule has 3 heteroatoms. The van der Waals surface area contributed by atoms with Crippen LogP contribution in [0.25, 0.3) is 62.6 Å². The smallest absolute Gasteiger partial charge is 0.0449 e. The maximum absolute atomic E-state index is 2.27. The molecule has 0 aliphatic heterocycles. The van der Waals surface area contributed by atoms with Crippen molar-refractivity contribution >= 4 is 34.0 Å². The lowest BCUT2D eigenvalue weighted by atomic mass is 10.0. The van der Waals surface area contributed by atoms with Gasteiger partial charge in [0.05, 0.1) is 0 Å². The Bertz CT molecular complexity index is 1680. The van der Waals surface area contributed by atoms with Gasteiger partial charge in [0.2, 0.25) is 0 Å². The average molecular weight is 553 g/mol. The number of benzene rings is 4. The van der Waals surface area contributed by atoms with Crippen LogP contribution in [-0.2, 0) is 0 Å². The quantitative estimate of drug-likeness (QED) is 0.192. The molecule has 0 radical (unpaired) electrons. The third-order valence-corrected chi connectivity index (χ3v) is 10.6. The molecule has 0 saturated carbocycles. The molecule has 4 aromatic carbocycles. The van der Waals surface area contributed by atoms with Gasteiger partial charge in [-0.1, -0.05) is 109 Å². The third kappa shape index (κ3) is 5.05. The fourth-order valence-corrected chi connectivity index (χ4v) is 7.98.